The molecule has 10 rings (SSSR count). The zero-order valence-electron chi connectivity index (χ0n) is 51.2. The number of carbonyl (C=O) groups excluding carboxylic acids is 3. The lowest BCUT2D eigenvalue weighted by molar-refractivity contribution is 0.00560. The van der Waals surface area contributed by atoms with Gasteiger partial charge in [-0.2, -0.15) is 0 Å². The van der Waals surface area contributed by atoms with Crippen LogP contribution in [-0.2, 0) is 40.4 Å². The van der Waals surface area contributed by atoms with Gasteiger partial charge in [0.25, 0.3) is 22.9 Å². The predicted octanol–water partition coefficient (Wildman–Crippen LogP) is 7.11. The number of amides is 3. The third kappa shape index (κ3) is 17.2. The minimum atomic E-state index is -0.623. The number of likely N-dealkylation sites (tertiary alicyclic amines) is 2. The van der Waals surface area contributed by atoms with E-state index >= 15 is 0 Å². The van der Waals surface area contributed by atoms with Crippen molar-refractivity contribution in [2.75, 3.05) is 120 Å². The fraction of sp³-hybridized carbons (Fsp3) is 0.500. The van der Waals surface area contributed by atoms with Gasteiger partial charge in [0.2, 0.25) is 0 Å². The maximum absolute atomic E-state index is 13.5. The molecule has 0 atom stereocenters. The van der Waals surface area contributed by atoms with Crippen LogP contribution in [0.5, 0.6) is 34.5 Å². The summed E-state index contributed by atoms with van der Waals surface area (Å²) in [4.78, 5) is 72.3. The molecule has 476 valence electrons. The molecule has 4 aromatic carbocycles. The molecule has 0 bridgehead atoms. The quantitative estimate of drug-likeness (QED) is 0.0576. The Morgan fingerprint density at radius 2 is 1.02 bits per heavy atom. The van der Waals surface area contributed by atoms with Gasteiger partial charge in [-0.15, -0.1) is 0 Å². The van der Waals surface area contributed by atoms with Crippen molar-refractivity contribution in [1.29, 1.82) is 0 Å². The Bertz CT molecular complexity index is 3460. The number of aromatic nitrogens is 2. The molecule has 2 aromatic heterocycles. The van der Waals surface area contributed by atoms with Crippen molar-refractivity contribution in [3.8, 4) is 34.5 Å². The Morgan fingerprint density at radius 1 is 0.568 bits per heavy atom. The molecule has 88 heavy (non-hydrogen) atoms. The number of nitrogens with zero attached hydrogens (tertiary/aromatic N) is 5. The van der Waals surface area contributed by atoms with E-state index in [1.165, 1.54) is 17.7 Å². The second kappa shape index (κ2) is 31.3. The Kier molecular flexibility index (Phi) is 23.5. The molecule has 3 amide bonds. The predicted molar refractivity (Wildman–Crippen MR) is 337 cm³/mol. The molecule has 0 aliphatic carbocycles. The summed E-state index contributed by atoms with van der Waals surface area (Å²) in [5, 5.41) is 10.7. The van der Waals surface area contributed by atoms with Gasteiger partial charge in [0.05, 0.1) is 49.6 Å². The largest absolute Gasteiger partial charge is 0.497 e. The maximum Gasteiger partial charge on any atom is 0.410 e. The molecule has 2 saturated heterocycles. The zero-order chi connectivity index (χ0) is 61.5. The van der Waals surface area contributed by atoms with Gasteiger partial charge in [0.15, 0.2) is 23.0 Å². The summed E-state index contributed by atoms with van der Waals surface area (Å²) in [7, 11) is 6.31. The number of hydrogen-bond acceptors (Lipinski definition) is 17. The first-order valence-electron chi connectivity index (χ1n) is 30.0. The van der Waals surface area contributed by atoms with Gasteiger partial charge in [0.1, 0.15) is 43.5 Å². The molecule has 6 aromatic rings. The molecular formula is C66H88N8O14. The lowest BCUT2D eigenvalue weighted by Crippen LogP contribution is -2.49. The van der Waals surface area contributed by atoms with E-state index in [-0.39, 0.29) is 42.5 Å². The van der Waals surface area contributed by atoms with Gasteiger partial charge in [-0.3, -0.25) is 19.2 Å². The van der Waals surface area contributed by atoms with Crippen LogP contribution < -0.4 is 55.5 Å². The van der Waals surface area contributed by atoms with E-state index in [1.807, 2.05) is 74.2 Å². The Labute approximate surface area is 515 Å². The van der Waals surface area contributed by atoms with E-state index in [4.69, 9.17) is 42.6 Å². The van der Waals surface area contributed by atoms with E-state index in [2.05, 4.69) is 37.9 Å². The van der Waals surface area contributed by atoms with E-state index in [1.54, 1.807) is 49.7 Å². The normalized spacial score (nSPS) is 15.4. The van der Waals surface area contributed by atoms with Crippen molar-refractivity contribution < 1.29 is 57.0 Å². The lowest BCUT2D eigenvalue weighted by atomic mass is 10.0. The third-order valence-electron chi connectivity index (χ3n) is 16.0. The Hall–Kier alpha value is -7.89. The second-order valence-electron chi connectivity index (χ2n) is 23.0. The van der Waals surface area contributed by atoms with Gasteiger partial charge in [-0.1, -0.05) is 19.6 Å². The van der Waals surface area contributed by atoms with Crippen molar-refractivity contribution in [3.05, 3.63) is 128 Å². The average Bonchev–Trinajstić information content (AvgIpc) is 2.83. The molecule has 4 aliphatic heterocycles. The molecule has 22 nitrogen and oxygen atoms in total. The number of benzene rings is 4. The number of methoxy groups -OCH3 is 4. The average molecular weight is 1220 g/mol. The number of carbonyl (C=O) groups is 3. The summed E-state index contributed by atoms with van der Waals surface area (Å²) in [5.41, 5.74) is 3.06. The van der Waals surface area contributed by atoms with Gasteiger partial charge in [-0.05, 0) is 119 Å². The first kappa shape index (κ1) is 66.1. The maximum atomic E-state index is 13.5. The fourth-order valence-electron chi connectivity index (χ4n) is 11.3. The molecule has 0 saturated carbocycles. The summed E-state index contributed by atoms with van der Waals surface area (Å²) in [6.45, 7) is 16.2. The summed E-state index contributed by atoms with van der Waals surface area (Å²) in [6, 6.07) is 26.1. The van der Waals surface area contributed by atoms with Crippen molar-refractivity contribution in [3.63, 3.8) is 0 Å². The van der Waals surface area contributed by atoms with E-state index in [9.17, 15) is 24.0 Å². The highest BCUT2D eigenvalue weighted by Gasteiger charge is 2.32. The van der Waals surface area contributed by atoms with Crippen LogP contribution in [0.1, 0.15) is 85.7 Å². The number of nitrogens with one attached hydrogen (secondary N) is 3. The molecule has 0 radical (unpaired) electrons. The van der Waals surface area contributed by atoms with Crippen molar-refractivity contribution in [1.82, 2.24) is 39.8 Å². The smallest absolute Gasteiger partial charge is 0.410 e. The van der Waals surface area contributed by atoms with Crippen LogP contribution in [0, 0.1) is 0 Å². The van der Waals surface area contributed by atoms with Crippen LogP contribution in [0.3, 0.4) is 0 Å². The van der Waals surface area contributed by atoms with Gasteiger partial charge >= 0.3 is 6.09 Å². The number of piperidine rings is 2. The summed E-state index contributed by atoms with van der Waals surface area (Å²) in [5.74, 6) is 3.66. The fourth-order valence-corrected chi connectivity index (χ4v) is 11.3. The molecule has 6 heterocycles. The molecule has 2 fully saturated rings. The molecule has 3 N–H and O–H groups in total. The summed E-state index contributed by atoms with van der Waals surface area (Å²) >= 11 is 0. The number of ether oxygens (including phenoxy) is 9. The van der Waals surface area contributed by atoms with Gasteiger partial charge in [0, 0.05) is 127 Å². The van der Waals surface area contributed by atoms with E-state index < -0.39 is 5.60 Å². The van der Waals surface area contributed by atoms with Crippen LogP contribution in [0.25, 0.3) is 21.8 Å². The third-order valence-corrected chi connectivity index (χ3v) is 16.0. The lowest BCUT2D eigenvalue weighted by Gasteiger charge is -2.39. The van der Waals surface area contributed by atoms with Gasteiger partial charge in [-0.25, -0.2) is 4.79 Å². The second-order valence-corrected chi connectivity index (χ2v) is 23.0. The monoisotopic (exact) mass is 1220 g/mol. The summed E-state index contributed by atoms with van der Waals surface area (Å²) in [6.07, 6.45) is 3.24. The van der Waals surface area contributed by atoms with Crippen LogP contribution in [-0.4, -0.2) is 180 Å². The Morgan fingerprint density at radius 3 is 1.49 bits per heavy atom. The SMILES string of the molecule is C.COCCNC(=O)c1cc(=O)n(CCN2CCC(N(Cc3ccc4c(c3)OCCO4)C(=O)OC(C)(C)C)CC2)c2cc(OC)ccc12.COCCNC(=O)c1cc(=O)n(CCN2CCC(NCc3ccc4c(c3)OCCO4)CC2)c2cc(OC)ccc12. The number of rotatable bonds is 22. The highest BCUT2D eigenvalue weighted by Crippen LogP contribution is 2.34. The first-order chi connectivity index (χ1) is 42.1. The number of pyridine rings is 2. The standard InChI is InChI=1S/C35H46N4O8.C30H38N4O6.CH4/c1-35(2,3)47-34(42)39(23-24-6-9-30-31(20-24)46-19-18-45-30)25-10-13-37(14-11-25)15-16-38-29-21-26(44-5)7-8-27(29)28(22-32(38)40)33(41)36-12-17-43-4;1-37-14-9-31-30(36)25-19-29(35)34(26-18-23(38-2)4-5-24(25)26)13-12-33-10-7-22(8-11-33)32-20-21-3-6-27-28(17-21)40-16-15-39-27;/h6-9,20-22,25H,10-19,23H2,1-5H3,(H,36,41);3-6,17-19,22,32H,7-16,20H2,1-2H3,(H,31,36);1H4. The van der Waals surface area contributed by atoms with Crippen LogP contribution in [0.4, 0.5) is 4.79 Å². The van der Waals surface area contributed by atoms with Crippen molar-refractivity contribution in [2.24, 2.45) is 0 Å². The molecule has 22 heteroatoms. The first-order valence-corrected chi connectivity index (χ1v) is 30.0. The number of hydrogen-bond donors (Lipinski definition) is 3. The zero-order valence-corrected chi connectivity index (χ0v) is 51.2. The van der Waals surface area contributed by atoms with Crippen LogP contribution >= 0.6 is 0 Å². The Balaban J connectivity index is 0.000000228. The van der Waals surface area contributed by atoms with E-state index in [0.717, 1.165) is 87.4 Å². The summed E-state index contributed by atoms with van der Waals surface area (Å²) < 4.78 is 53.0. The minimum Gasteiger partial charge on any atom is -0.497 e. The number of fused-ring (bicyclic) bond motifs is 4. The minimum absolute atomic E-state index is 0. The van der Waals surface area contributed by atoms with Gasteiger partial charge < -0.3 is 82.4 Å². The highest BCUT2D eigenvalue weighted by atomic mass is 16.6. The van der Waals surface area contributed by atoms with Crippen molar-refractivity contribution in [2.45, 2.75) is 97.7 Å². The molecule has 4 aliphatic rings. The van der Waals surface area contributed by atoms with Crippen LogP contribution in [0.2, 0.25) is 0 Å². The molecular weight excluding hydrogens is 1130 g/mol. The highest BCUT2D eigenvalue weighted by molar-refractivity contribution is 6.07. The van der Waals surface area contributed by atoms with Crippen LogP contribution in [0.15, 0.2) is 94.5 Å². The molecule has 0 unspecified atom stereocenters. The molecule has 0 spiro atoms. The van der Waals surface area contributed by atoms with E-state index in [0.29, 0.717) is 135 Å². The van der Waals surface area contributed by atoms with Crippen molar-refractivity contribution >= 4 is 39.7 Å². The topological polar surface area (TPSA) is 224 Å².